The highest BCUT2D eigenvalue weighted by molar-refractivity contribution is 5.86. The van der Waals surface area contributed by atoms with Crippen molar-refractivity contribution >= 4 is 5.78 Å². The molecule has 88 valence electrons. The molecule has 0 unspecified atom stereocenters. The first-order valence-electron chi connectivity index (χ1n) is 6.26. The minimum atomic E-state index is 0.173. The zero-order chi connectivity index (χ0) is 11.6. The fraction of sp³-hybridized carbons (Fsp3) is 0.923. The lowest BCUT2D eigenvalue weighted by molar-refractivity contribution is -0.126. The van der Waals surface area contributed by atoms with E-state index >= 15 is 0 Å². The molecule has 1 heterocycles. The van der Waals surface area contributed by atoms with Crippen LogP contribution in [0.2, 0.25) is 0 Å². The average molecular weight is 211 g/mol. The lowest BCUT2D eigenvalue weighted by Gasteiger charge is -2.28. The van der Waals surface area contributed by atoms with E-state index in [2.05, 4.69) is 25.7 Å². The summed E-state index contributed by atoms with van der Waals surface area (Å²) in [5.74, 6) is 1.33. The molecule has 0 radical (unpaired) electrons. The molecule has 2 heteroatoms. The van der Waals surface area contributed by atoms with E-state index in [0.717, 1.165) is 18.9 Å². The van der Waals surface area contributed by atoms with Gasteiger partial charge < -0.3 is 0 Å². The minimum absolute atomic E-state index is 0.173. The third-order valence-electron chi connectivity index (χ3n) is 3.56. The highest BCUT2D eigenvalue weighted by atomic mass is 16.1. The van der Waals surface area contributed by atoms with Crippen LogP contribution in [0.1, 0.15) is 47.5 Å². The molecule has 0 spiro atoms. The Balaban J connectivity index is 2.72. The van der Waals surface area contributed by atoms with E-state index in [1.807, 2.05) is 13.8 Å². The normalized spacial score (nSPS) is 27.9. The molecule has 0 aliphatic carbocycles. The zero-order valence-electron chi connectivity index (χ0n) is 10.8. The molecule has 2 atom stereocenters. The Morgan fingerprint density at radius 2 is 1.93 bits per heavy atom. The molecule has 0 aromatic rings. The van der Waals surface area contributed by atoms with E-state index in [-0.39, 0.29) is 12.0 Å². The van der Waals surface area contributed by atoms with Crippen LogP contribution in [-0.2, 0) is 4.79 Å². The molecule has 2 nitrogen and oxygen atoms in total. The first-order chi connectivity index (χ1) is 6.97. The van der Waals surface area contributed by atoms with Crippen LogP contribution in [0.4, 0.5) is 0 Å². The molecule has 1 saturated heterocycles. The monoisotopic (exact) mass is 211 g/mol. The predicted molar refractivity (Wildman–Crippen MR) is 63.9 cm³/mol. The van der Waals surface area contributed by atoms with Gasteiger partial charge >= 0.3 is 0 Å². The minimum Gasteiger partial charge on any atom is -0.298 e. The largest absolute Gasteiger partial charge is 0.298 e. The molecule has 15 heavy (non-hydrogen) atoms. The summed E-state index contributed by atoms with van der Waals surface area (Å²) in [5.41, 5.74) is 0. The summed E-state index contributed by atoms with van der Waals surface area (Å²) in [6.07, 6.45) is 2.27. The van der Waals surface area contributed by atoms with Crippen molar-refractivity contribution in [2.75, 3.05) is 6.54 Å². The second kappa shape index (κ2) is 5.11. The van der Waals surface area contributed by atoms with Crippen LogP contribution in [-0.4, -0.2) is 29.3 Å². The lowest BCUT2D eigenvalue weighted by atomic mass is 9.95. The topological polar surface area (TPSA) is 20.3 Å². The van der Waals surface area contributed by atoms with Crippen molar-refractivity contribution in [3.05, 3.63) is 0 Å². The van der Waals surface area contributed by atoms with Gasteiger partial charge in [0.2, 0.25) is 0 Å². The summed E-state index contributed by atoms with van der Waals surface area (Å²) < 4.78 is 0. The van der Waals surface area contributed by atoms with Gasteiger partial charge in [-0.05, 0) is 26.2 Å². The van der Waals surface area contributed by atoms with Gasteiger partial charge in [-0.1, -0.05) is 27.2 Å². The van der Waals surface area contributed by atoms with Gasteiger partial charge in [-0.2, -0.15) is 0 Å². The van der Waals surface area contributed by atoms with Gasteiger partial charge in [0.1, 0.15) is 0 Å². The highest BCUT2D eigenvalue weighted by Crippen LogP contribution is 2.29. The summed E-state index contributed by atoms with van der Waals surface area (Å²) in [4.78, 5) is 14.5. The molecule has 1 aliphatic rings. The summed E-state index contributed by atoms with van der Waals surface area (Å²) in [5, 5.41) is 0. The van der Waals surface area contributed by atoms with E-state index < -0.39 is 0 Å². The maximum atomic E-state index is 12.1. The maximum absolute atomic E-state index is 12.1. The maximum Gasteiger partial charge on any atom is 0.152 e. The van der Waals surface area contributed by atoms with Gasteiger partial charge in [0.15, 0.2) is 5.78 Å². The second-order valence-electron chi connectivity index (χ2n) is 5.37. The molecule has 1 aliphatic heterocycles. The van der Waals surface area contributed by atoms with Crippen LogP contribution in [0.25, 0.3) is 0 Å². The van der Waals surface area contributed by atoms with E-state index in [1.54, 1.807) is 0 Å². The lowest BCUT2D eigenvalue weighted by Crippen LogP contribution is -2.42. The van der Waals surface area contributed by atoms with Crippen LogP contribution in [0.5, 0.6) is 0 Å². The Kier molecular flexibility index (Phi) is 4.32. The predicted octanol–water partition coefficient (Wildman–Crippen LogP) is 2.72. The number of hydrogen-bond donors (Lipinski definition) is 0. The van der Waals surface area contributed by atoms with E-state index in [0.29, 0.717) is 11.8 Å². The highest BCUT2D eigenvalue weighted by Gasteiger charge is 2.37. The fourth-order valence-electron chi connectivity index (χ4n) is 2.48. The van der Waals surface area contributed by atoms with Crippen LogP contribution >= 0.6 is 0 Å². The standard InChI is InChI=1S/C13H25NO/c1-6-11-7-12(13(15)9(2)3)14(8-11)10(4)5/h9-12H,6-8H2,1-5H3/t11-,12-/m0/s1. The number of carbonyl (C=O) groups excluding carboxylic acids is 1. The van der Waals surface area contributed by atoms with Gasteiger partial charge in [-0.3, -0.25) is 9.69 Å². The molecule has 1 rings (SSSR count). The summed E-state index contributed by atoms with van der Waals surface area (Å²) in [6.45, 7) is 11.8. The third-order valence-corrected chi connectivity index (χ3v) is 3.56. The van der Waals surface area contributed by atoms with E-state index in [4.69, 9.17) is 0 Å². The van der Waals surface area contributed by atoms with Crippen LogP contribution in [0.15, 0.2) is 0 Å². The van der Waals surface area contributed by atoms with Crippen LogP contribution in [0.3, 0.4) is 0 Å². The molecular weight excluding hydrogens is 186 g/mol. The van der Waals surface area contributed by atoms with E-state index in [1.165, 1.54) is 6.42 Å². The second-order valence-corrected chi connectivity index (χ2v) is 5.37. The molecule has 0 saturated carbocycles. The zero-order valence-corrected chi connectivity index (χ0v) is 10.8. The van der Waals surface area contributed by atoms with Crippen molar-refractivity contribution in [1.29, 1.82) is 0 Å². The molecule has 1 fully saturated rings. The quantitative estimate of drug-likeness (QED) is 0.712. The van der Waals surface area contributed by atoms with E-state index in [9.17, 15) is 4.79 Å². The van der Waals surface area contributed by atoms with Gasteiger partial charge in [-0.25, -0.2) is 0 Å². The number of likely N-dealkylation sites (tertiary alicyclic amines) is 1. The smallest absolute Gasteiger partial charge is 0.152 e. The Labute approximate surface area is 94.0 Å². The van der Waals surface area contributed by atoms with Crippen LogP contribution < -0.4 is 0 Å². The van der Waals surface area contributed by atoms with Crippen molar-refractivity contribution in [3.8, 4) is 0 Å². The van der Waals surface area contributed by atoms with Gasteiger partial charge in [0.05, 0.1) is 6.04 Å². The van der Waals surface area contributed by atoms with Crippen LogP contribution in [0, 0.1) is 11.8 Å². The molecule has 0 bridgehead atoms. The number of ketones is 1. The van der Waals surface area contributed by atoms with Gasteiger partial charge in [0, 0.05) is 18.5 Å². The molecule has 0 N–H and O–H groups in total. The number of rotatable bonds is 4. The van der Waals surface area contributed by atoms with Crippen molar-refractivity contribution in [1.82, 2.24) is 4.90 Å². The average Bonchev–Trinajstić information content (AvgIpc) is 2.60. The SMILES string of the molecule is CC[C@H]1C[C@@H](C(=O)C(C)C)N(C(C)C)C1. The summed E-state index contributed by atoms with van der Waals surface area (Å²) in [6, 6.07) is 0.684. The van der Waals surface area contributed by atoms with Gasteiger partial charge in [-0.15, -0.1) is 0 Å². The fourth-order valence-corrected chi connectivity index (χ4v) is 2.48. The number of nitrogens with zero attached hydrogens (tertiary/aromatic N) is 1. The van der Waals surface area contributed by atoms with Crippen molar-refractivity contribution in [3.63, 3.8) is 0 Å². The number of carbonyl (C=O) groups is 1. The molecule has 0 amide bonds. The Morgan fingerprint density at radius 1 is 1.33 bits per heavy atom. The van der Waals surface area contributed by atoms with Crippen molar-refractivity contribution < 1.29 is 4.79 Å². The Morgan fingerprint density at radius 3 is 2.33 bits per heavy atom. The Bertz CT molecular complexity index is 223. The number of hydrogen-bond acceptors (Lipinski definition) is 2. The van der Waals surface area contributed by atoms with Crippen molar-refractivity contribution in [2.24, 2.45) is 11.8 Å². The Hall–Kier alpha value is -0.370. The van der Waals surface area contributed by atoms with Gasteiger partial charge in [0.25, 0.3) is 0 Å². The summed E-state index contributed by atoms with van der Waals surface area (Å²) >= 11 is 0. The third kappa shape index (κ3) is 2.81. The molecule has 0 aromatic heterocycles. The first-order valence-corrected chi connectivity index (χ1v) is 6.26. The summed E-state index contributed by atoms with van der Waals surface area (Å²) in [7, 11) is 0. The molecule has 0 aromatic carbocycles. The number of Topliss-reactive ketones (excluding diaryl/α,β-unsaturated/α-hetero) is 1. The first kappa shape index (κ1) is 12.7. The molecular formula is C13H25NO. The van der Waals surface area contributed by atoms with Crippen molar-refractivity contribution in [2.45, 2.75) is 59.5 Å².